The summed E-state index contributed by atoms with van der Waals surface area (Å²) >= 11 is 0. The first-order valence-electron chi connectivity index (χ1n) is 5.81. The van der Waals surface area contributed by atoms with Crippen LogP contribution in [0.3, 0.4) is 0 Å². The molecule has 1 aromatic rings. The lowest BCUT2D eigenvalue weighted by Crippen LogP contribution is -2.15. The second-order valence-electron chi connectivity index (χ2n) is 4.08. The molecule has 2 heteroatoms. The lowest BCUT2D eigenvalue weighted by Gasteiger charge is -2.11. The smallest absolute Gasteiger partial charge is 0.123 e. The summed E-state index contributed by atoms with van der Waals surface area (Å²) in [5.41, 5.74) is 9.07. The summed E-state index contributed by atoms with van der Waals surface area (Å²) in [6.45, 7) is 6.11. The molecule has 16 heavy (non-hydrogen) atoms. The molecule has 0 saturated carbocycles. The van der Waals surface area contributed by atoms with Crippen molar-refractivity contribution in [2.24, 2.45) is 5.73 Å². The summed E-state index contributed by atoms with van der Waals surface area (Å²) < 4.78 is 13.2. The maximum Gasteiger partial charge on any atom is 0.123 e. The number of rotatable bonds is 4. The average molecular weight is 221 g/mol. The second kappa shape index (κ2) is 5.80. The van der Waals surface area contributed by atoms with Gasteiger partial charge in [-0.1, -0.05) is 26.0 Å². The molecule has 2 N–H and O–H groups in total. The minimum absolute atomic E-state index is 0.0490. The van der Waals surface area contributed by atoms with E-state index in [0.717, 1.165) is 24.0 Å². The van der Waals surface area contributed by atoms with Gasteiger partial charge in [0.25, 0.3) is 0 Å². The lowest BCUT2D eigenvalue weighted by atomic mass is 9.97. The molecule has 0 heterocycles. The van der Waals surface area contributed by atoms with E-state index in [1.54, 1.807) is 6.07 Å². The van der Waals surface area contributed by atoms with E-state index < -0.39 is 0 Å². The molecule has 0 bridgehead atoms. The van der Waals surface area contributed by atoms with Crippen LogP contribution in [-0.2, 0) is 6.42 Å². The minimum Gasteiger partial charge on any atom is -0.324 e. The Hall–Kier alpha value is -1.15. The van der Waals surface area contributed by atoms with E-state index in [9.17, 15) is 4.39 Å². The van der Waals surface area contributed by atoms with E-state index in [0.29, 0.717) is 0 Å². The van der Waals surface area contributed by atoms with Gasteiger partial charge in [0, 0.05) is 6.04 Å². The van der Waals surface area contributed by atoms with Crippen LogP contribution >= 0.6 is 0 Å². The maximum absolute atomic E-state index is 13.2. The van der Waals surface area contributed by atoms with Gasteiger partial charge < -0.3 is 5.73 Å². The number of aryl methyl sites for hydroxylation is 1. The molecular weight excluding hydrogens is 201 g/mol. The van der Waals surface area contributed by atoms with Crippen LogP contribution in [0.2, 0.25) is 0 Å². The normalized spacial score (nSPS) is 13.9. The van der Waals surface area contributed by atoms with Crippen molar-refractivity contribution in [3.63, 3.8) is 0 Å². The summed E-state index contributed by atoms with van der Waals surface area (Å²) in [6.07, 6.45) is 3.81. The summed E-state index contributed by atoms with van der Waals surface area (Å²) in [5.74, 6) is -0.190. The highest BCUT2D eigenvalue weighted by Crippen LogP contribution is 2.21. The molecule has 0 aliphatic carbocycles. The maximum atomic E-state index is 13.2. The predicted octanol–water partition coefficient (Wildman–Crippen LogP) is 3.53. The van der Waals surface area contributed by atoms with E-state index in [4.69, 9.17) is 5.73 Å². The van der Waals surface area contributed by atoms with E-state index in [1.807, 2.05) is 26.0 Å². The molecular formula is C14H20FN. The quantitative estimate of drug-likeness (QED) is 0.827. The molecule has 0 aliphatic heterocycles. The highest BCUT2D eigenvalue weighted by Gasteiger charge is 2.05. The topological polar surface area (TPSA) is 26.0 Å². The van der Waals surface area contributed by atoms with Crippen molar-refractivity contribution < 1.29 is 4.39 Å². The zero-order valence-corrected chi connectivity index (χ0v) is 10.3. The first-order valence-corrected chi connectivity index (χ1v) is 5.81. The lowest BCUT2D eigenvalue weighted by molar-refractivity contribution is 0.626. The molecule has 1 nitrogen and oxygen atoms in total. The van der Waals surface area contributed by atoms with Crippen molar-refractivity contribution in [3.05, 3.63) is 41.2 Å². The van der Waals surface area contributed by atoms with Gasteiger partial charge >= 0.3 is 0 Å². The number of hydrogen-bond acceptors (Lipinski definition) is 1. The Morgan fingerprint density at radius 1 is 1.44 bits per heavy atom. The molecule has 1 atom stereocenters. The van der Waals surface area contributed by atoms with Crippen LogP contribution in [0.1, 0.15) is 38.3 Å². The molecule has 0 amide bonds. The number of halogens is 1. The van der Waals surface area contributed by atoms with Crippen LogP contribution in [0.4, 0.5) is 4.39 Å². The zero-order valence-electron chi connectivity index (χ0n) is 10.3. The Morgan fingerprint density at radius 3 is 2.69 bits per heavy atom. The number of nitrogens with two attached hydrogens (primary N) is 1. The van der Waals surface area contributed by atoms with E-state index in [2.05, 4.69) is 6.92 Å². The Labute approximate surface area is 97.2 Å². The van der Waals surface area contributed by atoms with Crippen molar-refractivity contribution in [2.75, 3.05) is 0 Å². The molecule has 1 rings (SSSR count). The SMILES string of the molecule is CCc1ccc(F)cc1/C(C)=C\C(N)CC. The van der Waals surface area contributed by atoms with Crippen LogP contribution in [0, 0.1) is 5.82 Å². The Balaban J connectivity index is 3.10. The predicted molar refractivity (Wildman–Crippen MR) is 67.7 cm³/mol. The fourth-order valence-electron chi connectivity index (χ4n) is 1.75. The highest BCUT2D eigenvalue weighted by molar-refractivity contribution is 5.67. The largest absolute Gasteiger partial charge is 0.324 e. The third kappa shape index (κ3) is 3.17. The molecule has 0 spiro atoms. The van der Waals surface area contributed by atoms with E-state index >= 15 is 0 Å². The minimum atomic E-state index is -0.190. The first kappa shape index (κ1) is 12.9. The highest BCUT2D eigenvalue weighted by atomic mass is 19.1. The summed E-state index contributed by atoms with van der Waals surface area (Å²) in [6, 6.07) is 5.00. The van der Waals surface area contributed by atoms with Crippen molar-refractivity contribution in [3.8, 4) is 0 Å². The van der Waals surface area contributed by atoms with E-state index in [1.165, 1.54) is 11.6 Å². The number of hydrogen-bond donors (Lipinski definition) is 1. The zero-order chi connectivity index (χ0) is 12.1. The fourth-order valence-corrected chi connectivity index (χ4v) is 1.75. The van der Waals surface area contributed by atoms with Gasteiger partial charge in [-0.2, -0.15) is 0 Å². The third-order valence-corrected chi connectivity index (χ3v) is 2.81. The van der Waals surface area contributed by atoms with Crippen molar-refractivity contribution in [1.82, 2.24) is 0 Å². The monoisotopic (exact) mass is 221 g/mol. The molecule has 1 unspecified atom stereocenters. The van der Waals surface area contributed by atoms with Crippen molar-refractivity contribution in [1.29, 1.82) is 0 Å². The molecule has 0 fully saturated rings. The summed E-state index contributed by atoms with van der Waals surface area (Å²) in [7, 11) is 0. The van der Waals surface area contributed by atoms with Gasteiger partial charge in [-0.15, -0.1) is 0 Å². The van der Waals surface area contributed by atoms with Gasteiger partial charge in [-0.05, 0) is 48.6 Å². The van der Waals surface area contributed by atoms with E-state index in [-0.39, 0.29) is 11.9 Å². The third-order valence-electron chi connectivity index (χ3n) is 2.81. The molecule has 88 valence electrons. The Kier molecular flexibility index (Phi) is 4.69. The van der Waals surface area contributed by atoms with Crippen LogP contribution in [0.25, 0.3) is 5.57 Å². The van der Waals surface area contributed by atoms with Gasteiger partial charge in [-0.25, -0.2) is 4.39 Å². The Bertz CT molecular complexity index is 382. The fraction of sp³-hybridized carbons (Fsp3) is 0.429. The number of benzene rings is 1. The standard InChI is InChI=1S/C14H20FN/c1-4-11-6-7-12(15)9-14(11)10(3)8-13(16)5-2/h6-9,13H,4-5,16H2,1-3H3/b10-8-. The van der Waals surface area contributed by atoms with Gasteiger partial charge in [0.1, 0.15) is 5.82 Å². The molecule has 0 saturated heterocycles. The molecule has 1 aromatic carbocycles. The van der Waals surface area contributed by atoms with Gasteiger partial charge in [0.15, 0.2) is 0 Å². The first-order chi connectivity index (χ1) is 7.58. The van der Waals surface area contributed by atoms with Crippen LogP contribution in [0.15, 0.2) is 24.3 Å². The molecule has 0 aromatic heterocycles. The van der Waals surface area contributed by atoms with Crippen LogP contribution in [-0.4, -0.2) is 6.04 Å². The Morgan fingerprint density at radius 2 is 2.12 bits per heavy atom. The van der Waals surface area contributed by atoms with Gasteiger partial charge in [0.05, 0.1) is 0 Å². The summed E-state index contributed by atoms with van der Waals surface area (Å²) in [5, 5.41) is 0. The van der Waals surface area contributed by atoms with Gasteiger partial charge in [0.2, 0.25) is 0 Å². The summed E-state index contributed by atoms with van der Waals surface area (Å²) in [4.78, 5) is 0. The number of allylic oxidation sites excluding steroid dienone is 1. The van der Waals surface area contributed by atoms with Crippen LogP contribution < -0.4 is 5.73 Å². The van der Waals surface area contributed by atoms with Gasteiger partial charge in [-0.3, -0.25) is 0 Å². The van der Waals surface area contributed by atoms with Crippen LogP contribution in [0.5, 0.6) is 0 Å². The molecule has 0 radical (unpaired) electrons. The van der Waals surface area contributed by atoms with Crippen molar-refractivity contribution in [2.45, 2.75) is 39.7 Å². The second-order valence-corrected chi connectivity index (χ2v) is 4.08. The molecule has 0 aliphatic rings. The van der Waals surface area contributed by atoms with Crippen molar-refractivity contribution >= 4 is 5.57 Å². The average Bonchev–Trinajstić information content (AvgIpc) is 2.28.